The predicted octanol–water partition coefficient (Wildman–Crippen LogP) is 4.86. The summed E-state index contributed by atoms with van der Waals surface area (Å²) < 4.78 is 0. The molecule has 0 aliphatic carbocycles. The first kappa shape index (κ1) is 18.3. The van der Waals surface area contributed by atoms with E-state index in [0.29, 0.717) is 0 Å². The fraction of sp³-hybridized carbons (Fsp3) is 1.00. The lowest BCUT2D eigenvalue weighted by atomic mass is 9.93. The van der Waals surface area contributed by atoms with Crippen LogP contribution < -0.4 is 5.32 Å². The van der Waals surface area contributed by atoms with Crippen molar-refractivity contribution in [2.45, 2.75) is 73.6 Å². The third-order valence-electron chi connectivity index (χ3n) is 2.95. The van der Waals surface area contributed by atoms with Gasteiger partial charge in [0.25, 0.3) is 0 Å². The highest BCUT2D eigenvalue weighted by molar-refractivity contribution is 4.63. The number of nitrogens with one attached hydrogen (secondary N) is 1. The van der Waals surface area contributed by atoms with E-state index < -0.39 is 0 Å². The SMILES string of the molecule is CC.CC.CC1CCCCNCC(C)CC1. The van der Waals surface area contributed by atoms with Crippen molar-refractivity contribution >= 4 is 0 Å². The number of hydrogen-bond acceptors (Lipinski definition) is 1. The molecule has 0 bridgehead atoms. The Morgan fingerprint density at radius 2 is 1.31 bits per heavy atom. The van der Waals surface area contributed by atoms with Gasteiger partial charge in [-0.2, -0.15) is 0 Å². The van der Waals surface area contributed by atoms with Gasteiger partial charge in [-0.1, -0.05) is 60.8 Å². The van der Waals surface area contributed by atoms with Crippen LogP contribution in [0.5, 0.6) is 0 Å². The Kier molecular flexibility index (Phi) is 17.1. The van der Waals surface area contributed by atoms with Crippen molar-refractivity contribution in [1.29, 1.82) is 0 Å². The fourth-order valence-corrected chi connectivity index (χ4v) is 1.91. The zero-order chi connectivity index (χ0) is 12.8. The van der Waals surface area contributed by atoms with E-state index in [2.05, 4.69) is 19.2 Å². The summed E-state index contributed by atoms with van der Waals surface area (Å²) in [6.07, 6.45) is 7.07. The summed E-state index contributed by atoms with van der Waals surface area (Å²) in [5.41, 5.74) is 0. The molecule has 1 aliphatic heterocycles. The fourth-order valence-electron chi connectivity index (χ4n) is 1.91. The lowest BCUT2D eigenvalue weighted by Crippen LogP contribution is -2.23. The third-order valence-corrected chi connectivity index (χ3v) is 2.95. The molecule has 1 fully saturated rings. The molecule has 1 N–H and O–H groups in total. The van der Waals surface area contributed by atoms with Gasteiger partial charge in [0.1, 0.15) is 0 Å². The van der Waals surface area contributed by atoms with Crippen LogP contribution in [0.25, 0.3) is 0 Å². The van der Waals surface area contributed by atoms with Crippen LogP contribution in [0.4, 0.5) is 0 Å². The van der Waals surface area contributed by atoms with Gasteiger partial charge in [-0.25, -0.2) is 0 Å². The highest BCUT2D eigenvalue weighted by atomic mass is 14.8. The van der Waals surface area contributed by atoms with Crippen LogP contribution in [0.1, 0.15) is 73.6 Å². The van der Waals surface area contributed by atoms with Crippen molar-refractivity contribution in [1.82, 2.24) is 5.32 Å². The summed E-state index contributed by atoms with van der Waals surface area (Å²) in [6.45, 7) is 15.2. The largest absolute Gasteiger partial charge is 0.316 e. The number of rotatable bonds is 0. The Labute approximate surface area is 104 Å². The molecule has 1 heterocycles. The van der Waals surface area contributed by atoms with Crippen LogP contribution in [-0.4, -0.2) is 13.1 Å². The summed E-state index contributed by atoms with van der Waals surface area (Å²) >= 11 is 0. The Hall–Kier alpha value is -0.0400. The van der Waals surface area contributed by atoms with Gasteiger partial charge in [0, 0.05) is 0 Å². The second kappa shape index (κ2) is 15.0. The molecule has 1 saturated heterocycles. The predicted molar refractivity (Wildman–Crippen MR) is 77.0 cm³/mol. The lowest BCUT2D eigenvalue weighted by Gasteiger charge is -2.18. The van der Waals surface area contributed by atoms with E-state index in [0.717, 1.165) is 11.8 Å². The molecule has 1 aliphatic rings. The standard InChI is InChI=1S/C11H23N.2C2H6/c1-10-5-3-4-8-12-9-11(2)7-6-10;2*1-2/h10-12H,3-9H2,1-2H3;2*1-2H3. The molecule has 1 nitrogen and oxygen atoms in total. The van der Waals surface area contributed by atoms with Crippen LogP contribution in [0.2, 0.25) is 0 Å². The third kappa shape index (κ3) is 12.0. The van der Waals surface area contributed by atoms with Crippen LogP contribution in [0.3, 0.4) is 0 Å². The Morgan fingerprint density at radius 1 is 0.750 bits per heavy atom. The van der Waals surface area contributed by atoms with Gasteiger partial charge < -0.3 is 5.32 Å². The summed E-state index contributed by atoms with van der Waals surface area (Å²) in [6, 6.07) is 0. The lowest BCUT2D eigenvalue weighted by molar-refractivity contribution is 0.369. The van der Waals surface area contributed by atoms with Crippen molar-refractivity contribution < 1.29 is 0 Å². The van der Waals surface area contributed by atoms with Crippen LogP contribution in [0, 0.1) is 11.8 Å². The van der Waals surface area contributed by atoms with Crippen molar-refractivity contribution in [3.63, 3.8) is 0 Å². The molecule has 0 aromatic carbocycles. The van der Waals surface area contributed by atoms with Gasteiger partial charge in [0.2, 0.25) is 0 Å². The normalized spacial score (nSPS) is 26.6. The van der Waals surface area contributed by atoms with E-state index in [1.165, 1.54) is 45.2 Å². The average molecular weight is 229 g/mol. The zero-order valence-corrected chi connectivity index (χ0v) is 12.6. The van der Waals surface area contributed by atoms with Crippen molar-refractivity contribution in [3.8, 4) is 0 Å². The quantitative estimate of drug-likeness (QED) is 0.625. The molecule has 0 amide bonds. The van der Waals surface area contributed by atoms with Crippen molar-refractivity contribution in [2.24, 2.45) is 11.8 Å². The van der Waals surface area contributed by atoms with Crippen LogP contribution in [-0.2, 0) is 0 Å². The Balaban J connectivity index is 0. The first-order chi connectivity index (χ1) is 7.79. The molecule has 2 atom stereocenters. The van der Waals surface area contributed by atoms with Gasteiger partial charge in [-0.05, 0) is 37.8 Å². The smallest absolute Gasteiger partial charge is 0.00232 e. The van der Waals surface area contributed by atoms with E-state index in [1.54, 1.807) is 0 Å². The molecule has 0 saturated carbocycles. The van der Waals surface area contributed by atoms with Crippen molar-refractivity contribution in [2.75, 3.05) is 13.1 Å². The minimum atomic E-state index is 0.880. The minimum absolute atomic E-state index is 0.880. The molecule has 0 aromatic rings. The zero-order valence-electron chi connectivity index (χ0n) is 12.6. The number of hydrogen-bond donors (Lipinski definition) is 1. The molecule has 0 radical (unpaired) electrons. The monoisotopic (exact) mass is 229 g/mol. The molecular weight excluding hydrogens is 194 g/mol. The van der Waals surface area contributed by atoms with E-state index in [4.69, 9.17) is 0 Å². The highest BCUT2D eigenvalue weighted by Crippen LogP contribution is 2.18. The van der Waals surface area contributed by atoms with Crippen LogP contribution >= 0.6 is 0 Å². The molecule has 1 rings (SSSR count). The summed E-state index contributed by atoms with van der Waals surface area (Å²) in [5.74, 6) is 1.84. The van der Waals surface area contributed by atoms with Crippen molar-refractivity contribution in [3.05, 3.63) is 0 Å². The van der Waals surface area contributed by atoms with E-state index in [-0.39, 0.29) is 0 Å². The second-order valence-corrected chi connectivity index (χ2v) is 4.49. The first-order valence-corrected chi connectivity index (χ1v) is 7.49. The van der Waals surface area contributed by atoms with Gasteiger partial charge >= 0.3 is 0 Å². The Morgan fingerprint density at radius 3 is 1.94 bits per heavy atom. The Bertz CT molecular complexity index is 98.0. The molecule has 16 heavy (non-hydrogen) atoms. The molecule has 0 spiro atoms. The van der Waals surface area contributed by atoms with E-state index in [1.807, 2.05) is 27.7 Å². The summed E-state index contributed by atoms with van der Waals surface area (Å²) in [5, 5.41) is 3.52. The first-order valence-electron chi connectivity index (χ1n) is 7.49. The van der Waals surface area contributed by atoms with E-state index in [9.17, 15) is 0 Å². The van der Waals surface area contributed by atoms with Gasteiger partial charge in [0.15, 0.2) is 0 Å². The highest BCUT2D eigenvalue weighted by Gasteiger charge is 2.08. The maximum atomic E-state index is 3.52. The molecule has 2 unspecified atom stereocenters. The van der Waals surface area contributed by atoms with Gasteiger partial charge in [0.05, 0.1) is 0 Å². The van der Waals surface area contributed by atoms with Gasteiger partial charge in [-0.3, -0.25) is 0 Å². The minimum Gasteiger partial charge on any atom is -0.316 e. The molecule has 1 heteroatoms. The summed E-state index contributed by atoms with van der Waals surface area (Å²) in [4.78, 5) is 0. The topological polar surface area (TPSA) is 12.0 Å². The maximum absolute atomic E-state index is 3.52. The van der Waals surface area contributed by atoms with E-state index >= 15 is 0 Å². The average Bonchev–Trinajstić information content (AvgIpc) is 2.36. The molecule has 100 valence electrons. The van der Waals surface area contributed by atoms with Gasteiger partial charge in [-0.15, -0.1) is 0 Å². The molecule has 0 aromatic heterocycles. The van der Waals surface area contributed by atoms with Crippen LogP contribution in [0.15, 0.2) is 0 Å². The summed E-state index contributed by atoms with van der Waals surface area (Å²) in [7, 11) is 0. The second-order valence-electron chi connectivity index (χ2n) is 4.49. The molecular formula is C15H35N. The maximum Gasteiger partial charge on any atom is -0.00232 e.